The third kappa shape index (κ3) is 4.93. The van der Waals surface area contributed by atoms with Crippen LogP contribution in [0.3, 0.4) is 0 Å². The molecular weight excluding hydrogens is 412 g/mol. The van der Waals surface area contributed by atoms with Crippen LogP contribution in [-0.2, 0) is 17.8 Å². The predicted octanol–water partition coefficient (Wildman–Crippen LogP) is 3.96. The number of nitrogens with zero attached hydrogens (tertiary/aromatic N) is 2. The van der Waals surface area contributed by atoms with Crippen LogP contribution in [0.4, 0.5) is 5.69 Å². The van der Waals surface area contributed by atoms with Gasteiger partial charge in [0.05, 0.1) is 0 Å². The molecule has 4 rings (SSSR count). The average molecular weight is 435 g/mol. The molecule has 2 heterocycles. The van der Waals surface area contributed by atoms with E-state index in [0.29, 0.717) is 24.3 Å². The van der Waals surface area contributed by atoms with Crippen molar-refractivity contribution in [2.24, 2.45) is 5.73 Å². The van der Waals surface area contributed by atoms with Gasteiger partial charge in [-0.2, -0.15) is 0 Å². The molecule has 0 aliphatic carbocycles. The maximum atomic E-state index is 12.8. The van der Waals surface area contributed by atoms with Crippen LogP contribution in [0.5, 0.6) is 0 Å². The van der Waals surface area contributed by atoms with E-state index in [4.69, 9.17) is 17.3 Å². The van der Waals surface area contributed by atoms with E-state index in [1.54, 1.807) is 48.8 Å². The first-order valence-electron chi connectivity index (χ1n) is 10.1. The molecular formula is C24H23ClN4O2. The van der Waals surface area contributed by atoms with Gasteiger partial charge in [0.1, 0.15) is 0 Å². The van der Waals surface area contributed by atoms with Crippen molar-refractivity contribution in [3.05, 3.63) is 94.3 Å². The van der Waals surface area contributed by atoms with Gasteiger partial charge < -0.3 is 16.0 Å². The van der Waals surface area contributed by atoms with E-state index >= 15 is 0 Å². The Morgan fingerprint density at radius 3 is 2.58 bits per heavy atom. The summed E-state index contributed by atoms with van der Waals surface area (Å²) in [6.07, 6.45) is 4.18. The van der Waals surface area contributed by atoms with Crippen LogP contribution in [-0.4, -0.2) is 28.2 Å². The number of nitrogens with two attached hydrogens (primary N) is 1. The highest BCUT2D eigenvalue weighted by atomic mass is 35.5. The van der Waals surface area contributed by atoms with Gasteiger partial charge in [-0.25, -0.2) is 0 Å². The Bertz CT molecular complexity index is 1090. The van der Waals surface area contributed by atoms with Crippen LogP contribution in [0.15, 0.2) is 67.0 Å². The normalized spacial score (nSPS) is 13.9. The van der Waals surface area contributed by atoms with E-state index in [1.807, 2.05) is 23.1 Å². The summed E-state index contributed by atoms with van der Waals surface area (Å²) in [5, 5.41) is 3.57. The number of hydrogen-bond donors (Lipinski definition) is 2. The van der Waals surface area contributed by atoms with E-state index in [9.17, 15) is 9.59 Å². The summed E-state index contributed by atoms with van der Waals surface area (Å²) in [5.41, 5.74) is 10.5. The first kappa shape index (κ1) is 21.0. The SMILES string of the molecule is NC(CC(=O)N1CCc2c(Cl)cccc2C1)c1ccc(C(=O)Nc2ccncc2)cc1. The summed E-state index contributed by atoms with van der Waals surface area (Å²) in [6.45, 7) is 1.19. The Hall–Kier alpha value is -3.22. The number of rotatable bonds is 5. The maximum Gasteiger partial charge on any atom is 0.255 e. The monoisotopic (exact) mass is 434 g/mol. The van der Waals surface area contributed by atoms with Crippen LogP contribution >= 0.6 is 11.6 Å². The predicted molar refractivity (Wildman–Crippen MR) is 121 cm³/mol. The fourth-order valence-corrected chi connectivity index (χ4v) is 4.02. The molecule has 1 aromatic heterocycles. The third-order valence-corrected chi connectivity index (χ3v) is 5.85. The molecule has 1 aliphatic heterocycles. The van der Waals surface area contributed by atoms with Gasteiger partial charge in [0.2, 0.25) is 5.91 Å². The molecule has 1 aliphatic rings. The number of benzene rings is 2. The fourth-order valence-electron chi connectivity index (χ4n) is 3.73. The summed E-state index contributed by atoms with van der Waals surface area (Å²) >= 11 is 6.26. The molecule has 0 bridgehead atoms. The van der Waals surface area contributed by atoms with Gasteiger partial charge in [0.25, 0.3) is 5.91 Å². The number of amides is 2. The van der Waals surface area contributed by atoms with Gasteiger partial charge in [0.15, 0.2) is 0 Å². The van der Waals surface area contributed by atoms with Crippen molar-refractivity contribution < 1.29 is 9.59 Å². The van der Waals surface area contributed by atoms with E-state index in [0.717, 1.165) is 28.1 Å². The van der Waals surface area contributed by atoms with Crippen molar-refractivity contribution in [3.8, 4) is 0 Å². The van der Waals surface area contributed by atoms with E-state index in [1.165, 1.54) is 0 Å². The Morgan fingerprint density at radius 2 is 1.84 bits per heavy atom. The highest BCUT2D eigenvalue weighted by molar-refractivity contribution is 6.31. The largest absolute Gasteiger partial charge is 0.338 e. The van der Waals surface area contributed by atoms with Crippen LogP contribution in [0.2, 0.25) is 5.02 Å². The lowest BCUT2D eigenvalue weighted by Crippen LogP contribution is -2.37. The summed E-state index contributed by atoms with van der Waals surface area (Å²) in [6, 6.07) is 15.8. The van der Waals surface area contributed by atoms with E-state index in [2.05, 4.69) is 10.3 Å². The zero-order valence-electron chi connectivity index (χ0n) is 16.9. The summed E-state index contributed by atoms with van der Waals surface area (Å²) in [4.78, 5) is 30.9. The quantitative estimate of drug-likeness (QED) is 0.636. The van der Waals surface area contributed by atoms with Crippen LogP contribution < -0.4 is 11.1 Å². The number of carbonyl (C=O) groups is 2. The van der Waals surface area contributed by atoms with E-state index < -0.39 is 6.04 Å². The Labute approximate surface area is 186 Å². The number of pyridine rings is 1. The summed E-state index contributed by atoms with van der Waals surface area (Å²) in [7, 11) is 0. The lowest BCUT2D eigenvalue weighted by molar-refractivity contribution is -0.132. The first-order chi connectivity index (χ1) is 15.0. The number of aromatic nitrogens is 1. The third-order valence-electron chi connectivity index (χ3n) is 5.50. The first-order valence-corrected chi connectivity index (χ1v) is 10.5. The number of fused-ring (bicyclic) bond motifs is 1. The number of anilines is 1. The highest BCUT2D eigenvalue weighted by Crippen LogP contribution is 2.27. The average Bonchev–Trinajstić information content (AvgIpc) is 2.79. The Balaban J connectivity index is 1.36. The van der Waals surface area contributed by atoms with Crippen molar-refractivity contribution in [2.75, 3.05) is 11.9 Å². The highest BCUT2D eigenvalue weighted by Gasteiger charge is 2.24. The molecule has 3 aromatic rings. The minimum Gasteiger partial charge on any atom is -0.338 e. The molecule has 3 N–H and O–H groups in total. The fraction of sp³-hybridized carbons (Fsp3) is 0.208. The summed E-state index contributed by atoms with van der Waals surface area (Å²) in [5.74, 6) is -0.203. The lowest BCUT2D eigenvalue weighted by atomic mass is 9.98. The minimum absolute atomic E-state index is 0.0117. The van der Waals surface area contributed by atoms with Gasteiger partial charge >= 0.3 is 0 Å². The Morgan fingerprint density at radius 1 is 1.10 bits per heavy atom. The second kappa shape index (κ2) is 9.29. The lowest BCUT2D eigenvalue weighted by Gasteiger charge is -2.30. The minimum atomic E-state index is -0.439. The maximum absolute atomic E-state index is 12.8. The number of halogens is 1. The topological polar surface area (TPSA) is 88.3 Å². The van der Waals surface area contributed by atoms with Gasteiger partial charge in [-0.15, -0.1) is 0 Å². The molecule has 6 nitrogen and oxygen atoms in total. The van der Waals surface area contributed by atoms with Gasteiger partial charge in [-0.05, 0) is 53.4 Å². The second-order valence-corrected chi connectivity index (χ2v) is 7.97. The standard InChI is InChI=1S/C24H23ClN4O2/c25-21-3-1-2-18-15-29(13-10-20(18)21)23(30)14-22(26)16-4-6-17(7-5-16)24(31)28-19-8-11-27-12-9-19/h1-9,11-12,22H,10,13-15,26H2,(H,27,28,31). The molecule has 7 heteroatoms. The molecule has 31 heavy (non-hydrogen) atoms. The number of carbonyl (C=O) groups excluding carboxylic acids is 2. The van der Waals surface area contributed by atoms with Gasteiger partial charge in [-0.3, -0.25) is 14.6 Å². The summed E-state index contributed by atoms with van der Waals surface area (Å²) < 4.78 is 0. The molecule has 0 fully saturated rings. The molecule has 2 aromatic carbocycles. The molecule has 0 spiro atoms. The van der Waals surface area contributed by atoms with Crippen molar-refractivity contribution in [1.82, 2.24) is 9.88 Å². The van der Waals surface area contributed by atoms with Crippen LogP contribution in [0.1, 0.15) is 39.5 Å². The number of nitrogens with one attached hydrogen (secondary N) is 1. The zero-order valence-corrected chi connectivity index (χ0v) is 17.7. The van der Waals surface area contributed by atoms with Crippen LogP contribution in [0, 0.1) is 0 Å². The second-order valence-electron chi connectivity index (χ2n) is 7.57. The molecule has 1 atom stereocenters. The Kier molecular flexibility index (Phi) is 6.30. The van der Waals surface area contributed by atoms with Crippen molar-refractivity contribution >= 4 is 29.1 Å². The van der Waals surface area contributed by atoms with Crippen molar-refractivity contribution in [2.45, 2.75) is 25.4 Å². The molecule has 0 saturated heterocycles. The van der Waals surface area contributed by atoms with Crippen molar-refractivity contribution in [3.63, 3.8) is 0 Å². The molecule has 1 unspecified atom stereocenters. The molecule has 158 valence electrons. The van der Waals surface area contributed by atoms with Gasteiger partial charge in [0, 0.05) is 54.2 Å². The van der Waals surface area contributed by atoms with Gasteiger partial charge in [-0.1, -0.05) is 35.9 Å². The number of hydrogen-bond acceptors (Lipinski definition) is 4. The van der Waals surface area contributed by atoms with Crippen LogP contribution in [0.25, 0.3) is 0 Å². The zero-order chi connectivity index (χ0) is 21.8. The van der Waals surface area contributed by atoms with E-state index in [-0.39, 0.29) is 18.2 Å². The molecule has 0 radical (unpaired) electrons. The molecule has 0 saturated carbocycles. The smallest absolute Gasteiger partial charge is 0.255 e. The molecule has 2 amide bonds. The van der Waals surface area contributed by atoms with Crippen molar-refractivity contribution in [1.29, 1.82) is 0 Å².